The smallest absolute Gasteiger partial charge is 0.258 e. The molecule has 104 valence electrons. The molecular formula is C14H11BrF2N2O. The number of nitrogens with two attached hydrogens (primary N) is 1. The third kappa shape index (κ3) is 2.80. The van der Waals surface area contributed by atoms with Crippen LogP contribution >= 0.6 is 15.9 Å². The molecule has 1 amide bonds. The molecule has 20 heavy (non-hydrogen) atoms. The summed E-state index contributed by atoms with van der Waals surface area (Å²) in [7, 11) is 0. The molecule has 0 aliphatic heterocycles. The number of halogens is 3. The number of anilines is 2. The van der Waals surface area contributed by atoms with Crippen molar-refractivity contribution in [3.8, 4) is 0 Å². The zero-order valence-corrected chi connectivity index (χ0v) is 12.1. The first kappa shape index (κ1) is 14.5. The van der Waals surface area contributed by atoms with Crippen LogP contribution in [0.1, 0.15) is 15.9 Å². The van der Waals surface area contributed by atoms with E-state index in [0.29, 0.717) is 17.3 Å². The average Bonchev–Trinajstić information content (AvgIpc) is 2.33. The SMILES string of the molecule is Cc1cccc(N)c1C(=O)Nc1c(F)cc(F)cc1Br. The Labute approximate surface area is 122 Å². The van der Waals surface area contributed by atoms with Crippen LogP contribution in [-0.4, -0.2) is 5.91 Å². The molecule has 0 spiro atoms. The van der Waals surface area contributed by atoms with Gasteiger partial charge in [0.2, 0.25) is 0 Å². The molecule has 0 saturated heterocycles. The van der Waals surface area contributed by atoms with Gasteiger partial charge in [0.05, 0.1) is 11.3 Å². The van der Waals surface area contributed by atoms with Gasteiger partial charge in [-0.3, -0.25) is 4.79 Å². The molecule has 0 unspecified atom stereocenters. The van der Waals surface area contributed by atoms with Gasteiger partial charge in [-0.05, 0) is 40.5 Å². The first-order chi connectivity index (χ1) is 9.40. The zero-order valence-electron chi connectivity index (χ0n) is 10.5. The molecule has 0 heterocycles. The monoisotopic (exact) mass is 340 g/mol. The summed E-state index contributed by atoms with van der Waals surface area (Å²) in [6.45, 7) is 1.72. The van der Waals surface area contributed by atoms with Crippen LogP contribution in [0.3, 0.4) is 0 Å². The predicted octanol–water partition coefficient (Wildman–Crippen LogP) is 3.87. The fourth-order valence-corrected chi connectivity index (χ4v) is 2.35. The summed E-state index contributed by atoms with van der Waals surface area (Å²) < 4.78 is 26.8. The summed E-state index contributed by atoms with van der Waals surface area (Å²) in [4.78, 5) is 12.2. The van der Waals surface area contributed by atoms with Crippen LogP contribution in [0.4, 0.5) is 20.2 Å². The van der Waals surface area contributed by atoms with Gasteiger partial charge in [-0.25, -0.2) is 8.78 Å². The van der Waals surface area contributed by atoms with E-state index < -0.39 is 17.5 Å². The van der Waals surface area contributed by atoms with Gasteiger partial charge < -0.3 is 11.1 Å². The summed E-state index contributed by atoms with van der Waals surface area (Å²) in [5.41, 5.74) is 6.85. The fraction of sp³-hybridized carbons (Fsp3) is 0.0714. The normalized spacial score (nSPS) is 10.4. The van der Waals surface area contributed by atoms with Gasteiger partial charge in [0.1, 0.15) is 5.82 Å². The van der Waals surface area contributed by atoms with Gasteiger partial charge in [-0.1, -0.05) is 12.1 Å². The highest BCUT2D eigenvalue weighted by Crippen LogP contribution is 2.28. The number of benzene rings is 2. The zero-order chi connectivity index (χ0) is 14.9. The number of amides is 1. The minimum absolute atomic E-state index is 0.121. The molecule has 3 N–H and O–H groups in total. The van der Waals surface area contributed by atoms with Crippen LogP contribution in [0, 0.1) is 18.6 Å². The fourth-order valence-electron chi connectivity index (χ4n) is 1.84. The van der Waals surface area contributed by atoms with E-state index in [0.717, 1.165) is 6.07 Å². The maximum atomic E-state index is 13.7. The Morgan fingerprint density at radius 3 is 2.60 bits per heavy atom. The van der Waals surface area contributed by atoms with E-state index in [1.807, 2.05) is 0 Å². The van der Waals surface area contributed by atoms with Crippen LogP contribution in [-0.2, 0) is 0 Å². The lowest BCUT2D eigenvalue weighted by Crippen LogP contribution is -2.17. The maximum absolute atomic E-state index is 13.7. The molecule has 2 aromatic carbocycles. The molecule has 6 heteroatoms. The summed E-state index contributed by atoms with van der Waals surface area (Å²) in [6.07, 6.45) is 0. The van der Waals surface area contributed by atoms with E-state index >= 15 is 0 Å². The number of nitrogens with one attached hydrogen (secondary N) is 1. The molecular weight excluding hydrogens is 330 g/mol. The number of nitrogen functional groups attached to an aromatic ring is 1. The van der Waals surface area contributed by atoms with E-state index in [1.165, 1.54) is 0 Å². The van der Waals surface area contributed by atoms with Crippen molar-refractivity contribution in [1.29, 1.82) is 0 Å². The number of hydrogen-bond donors (Lipinski definition) is 2. The lowest BCUT2D eigenvalue weighted by molar-refractivity contribution is 0.102. The van der Waals surface area contributed by atoms with Crippen LogP contribution in [0.2, 0.25) is 0 Å². The molecule has 2 rings (SSSR count). The summed E-state index contributed by atoms with van der Waals surface area (Å²) in [5, 5.41) is 2.40. The Hall–Kier alpha value is -1.95. The average molecular weight is 341 g/mol. The van der Waals surface area contributed by atoms with Gasteiger partial charge >= 0.3 is 0 Å². The van der Waals surface area contributed by atoms with Gasteiger partial charge in [-0.2, -0.15) is 0 Å². The van der Waals surface area contributed by atoms with Crippen molar-refractivity contribution in [1.82, 2.24) is 0 Å². The van der Waals surface area contributed by atoms with Crippen molar-refractivity contribution in [2.45, 2.75) is 6.92 Å². The van der Waals surface area contributed by atoms with E-state index in [-0.39, 0.29) is 15.7 Å². The standard InChI is InChI=1S/C14H11BrF2N2O/c1-7-3-2-4-11(18)12(7)14(20)19-13-9(15)5-8(16)6-10(13)17/h2-6H,18H2,1H3,(H,19,20). The Morgan fingerprint density at radius 2 is 2.00 bits per heavy atom. The molecule has 0 saturated carbocycles. The van der Waals surface area contributed by atoms with Crippen LogP contribution < -0.4 is 11.1 Å². The van der Waals surface area contributed by atoms with Crippen molar-refractivity contribution >= 4 is 33.2 Å². The highest BCUT2D eigenvalue weighted by atomic mass is 79.9. The lowest BCUT2D eigenvalue weighted by Gasteiger charge is -2.12. The lowest BCUT2D eigenvalue weighted by atomic mass is 10.1. The maximum Gasteiger partial charge on any atom is 0.258 e. The van der Waals surface area contributed by atoms with Crippen LogP contribution in [0.15, 0.2) is 34.8 Å². The molecule has 2 aromatic rings. The topological polar surface area (TPSA) is 55.1 Å². The highest BCUT2D eigenvalue weighted by molar-refractivity contribution is 9.10. The minimum atomic E-state index is -0.864. The second-order valence-electron chi connectivity index (χ2n) is 4.24. The van der Waals surface area contributed by atoms with Gasteiger partial charge in [0, 0.05) is 16.2 Å². The first-order valence-electron chi connectivity index (χ1n) is 5.71. The number of aryl methyl sites for hydroxylation is 1. The van der Waals surface area contributed by atoms with Crippen molar-refractivity contribution in [3.63, 3.8) is 0 Å². The first-order valence-corrected chi connectivity index (χ1v) is 6.50. The Morgan fingerprint density at radius 1 is 1.30 bits per heavy atom. The number of rotatable bonds is 2. The van der Waals surface area contributed by atoms with E-state index in [1.54, 1.807) is 25.1 Å². The molecule has 3 nitrogen and oxygen atoms in total. The van der Waals surface area contributed by atoms with Crippen LogP contribution in [0.5, 0.6) is 0 Å². The van der Waals surface area contributed by atoms with Gasteiger partial charge in [-0.15, -0.1) is 0 Å². The molecule has 0 atom stereocenters. The highest BCUT2D eigenvalue weighted by Gasteiger charge is 2.17. The number of hydrogen-bond acceptors (Lipinski definition) is 2. The summed E-state index contributed by atoms with van der Waals surface area (Å²) in [6, 6.07) is 6.79. The van der Waals surface area contributed by atoms with E-state index in [9.17, 15) is 13.6 Å². The minimum Gasteiger partial charge on any atom is -0.398 e. The summed E-state index contributed by atoms with van der Waals surface area (Å²) in [5.74, 6) is -2.15. The van der Waals surface area contributed by atoms with Crippen molar-refractivity contribution < 1.29 is 13.6 Å². The van der Waals surface area contributed by atoms with Crippen LogP contribution in [0.25, 0.3) is 0 Å². The predicted molar refractivity (Wildman–Crippen MR) is 77.6 cm³/mol. The van der Waals surface area contributed by atoms with Gasteiger partial charge in [0.25, 0.3) is 5.91 Å². The van der Waals surface area contributed by atoms with Crippen molar-refractivity contribution in [2.24, 2.45) is 0 Å². The second kappa shape index (κ2) is 5.58. The Kier molecular flexibility index (Phi) is 4.04. The molecule has 0 aliphatic rings. The summed E-state index contributed by atoms with van der Waals surface area (Å²) >= 11 is 3.01. The second-order valence-corrected chi connectivity index (χ2v) is 5.09. The molecule has 0 radical (unpaired) electrons. The van der Waals surface area contributed by atoms with Crippen molar-refractivity contribution in [2.75, 3.05) is 11.1 Å². The third-order valence-corrected chi connectivity index (χ3v) is 3.40. The Bertz CT molecular complexity index is 646. The Balaban J connectivity index is 2.38. The molecule has 0 fully saturated rings. The molecule has 0 aromatic heterocycles. The van der Waals surface area contributed by atoms with E-state index in [2.05, 4.69) is 21.2 Å². The molecule has 0 aliphatic carbocycles. The van der Waals surface area contributed by atoms with Crippen molar-refractivity contribution in [3.05, 3.63) is 57.6 Å². The number of carbonyl (C=O) groups excluding carboxylic acids is 1. The molecule has 0 bridgehead atoms. The third-order valence-electron chi connectivity index (χ3n) is 2.78. The largest absolute Gasteiger partial charge is 0.398 e. The quantitative estimate of drug-likeness (QED) is 0.815. The van der Waals surface area contributed by atoms with Gasteiger partial charge in [0.15, 0.2) is 5.82 Å². The number of carbonyl (C=O) groups is 1. The van der Waals surface area contributed by atoms with E-state index in [4.69, 9.17) is 5.73 Å².